The quantitative estimate of drug-likeness (QED) is 0.618. The molecule has 4 heterocycles. The Labute approximate surface area is 189 Å². The molecule has 1 atom stereocenters. The summed E-state index contributed by atoms with van der Waals surface area (Å²) in [7, 11) is 1.57. The van der Waals surface area contributed by atoms with E-state index in [2.05, 4.69) is 25.5 Å². The topological polar surface area (TPSA) is 101 Å². The van der Waals surface area contributed by atoms with Gasteiger partial charge in [-0.25, -0.2) is 14.4 Å². The first-order valence-corrected chi connectivity index (χ1v) is 11.0. The average Bonchev–Trinajstić information content (AvgIpc) is 3.30. The summed E-state index contributed by atoms with van der Waals surface area (Å²) in [5.74, 6) is -0.797. The lowest BCUT2D eigenvalue weighted by Gasteiger charge is -2.28. The highest BCUT2D eigenvalue weighted by atomic mass is 19.1. The first kappa shape index (κ1) is 21.5. The van der Waals surface area contributed by atoms with Gasteiger partial charge in [0.25, 0.3) is 11.5 Å². The zero-order valence-electron chi connectivity index (χ0n) is 18.3. The molecule has 172 valence electrons. The van der Waals surface area contributed by atoms with E-state index in [1.807, 2.05) is 24.3 Å². The van der Waals surface area contributed by atoms with Crippen LogP contribution in [0.2, 0.25) is 0 Å². The number of benzene rings is 1. The number of fused-ring (bicyclic) bond motifs is 1. The van der Waals surface area contributed by atoms with E-state index in [-0.39, 0.29) is 29.7 Å². The summed E-state index contributed by atoms with van der Waals surface area (Å²) < 4.78 is 21.7. The molecule has 0 radical (unpaired) electrons. The van der Waals surface area contributed by atoms with E-state index < -0.39 is 11.6 Å². The average molecular weight is 452 g/mol. The van der Waals surface area contributed by atoms with Gasteiger partial charge in [0, 0.05) is 44.4 Å². The molecule has 2 fully saturated rings. The van der Waals surface area contributed by atoms with Crippen LogP contribution in [0.1, 0.15) is 6.42 Å². The molecule has 5 rings (SSSR count). The number of morpholine rings is 1. The third-order valence-electron chi connectivity index (χ3n) is 6.18. The van der Waals surface area contributed by atoms with E-state index in [0.717, 1.165) is 24.3 Å². The van der Waals surface area contributed by atoms with Crippen LogP contribution in [0.4, 0.5) is 15.9 Å². The number of nitrogens with one attached hydrogen (secondary N) is 2. The standard InChI is InChI=1S/C23H25FN6O3/c1-29-14-26-18-12-17(15-2-4-16(5-3-15)30-8-10-33-11-9-30)27-20(19(18)21(29)31)28-22(32)23(24)6-7-25-13-23/h2-5,12,14,25H,6-11,13H2,1H3,(H,27,28,32). The normalized spacial score (nSPS) is 20.8. The van der Waals surface area contributed by atoms with E-state index >= 15 is 4.39 Å². The highest BCUT2D eigenvalue weighted by Crippen LogP contribution is 2.29. The van der Waals surface area contributed by atoms with Crippen LogP contribution in [0.3, 0.4) is 0 Å². The molecule has 0 bridgehead atoms. The van der Waals surface area contributed by atoms with Crippen LogP contribution in [0.15, 0.2) is 41.5 Å². The van der Waals surface area contributed by atoms with E-state index in [9.17, 15) is 9.59 Å². The molecule has 1 aromatic carbocycles. The number of carbonyl (C=O) groups excluding carboxylic acids is 1. The summed E-state index contributed by atoms with van der Waals surface area (Å²) in [6.07, 6.45) is 1.48. The molecular weight excluding hydrogens is 427 g/mol. The van der Waals surface area contributed by atoms with Crippen LogP contribution in [-0.4, -0.2) is 65.5 Å². The molecule has 33 heavy (non-hydrogen) atoms. The van der Waals surface area contributed by atoms with E-state index in [1.165, 1.54) is 10.9 Å². The Hall–Kier alpha value is -3.37. The first-order chi connectivity index (χ1) is 15.9. The molecule has 2 N–H and O–H groups in total. The summed E-state index contributed by atoms with van der Waals surface area (Å²) >= 11 is 0. The lowest BCUT2D eigenvalue weighted by Crippen LogP contribution is -2.41. The van der Waals surface area contributed by atoms with Crippen LogP contribution < -0.4 is 21.1 Å². The number of alkyl halides is 1. The van der Waals surface area contributed by atoms with Crippen LogP contribution >= 0.6 is 0 Å². The number of ether oxygens (including phenoxy) is 1. The highest BCUT2D eigenvalue weighted by Gasteiger charge is 2.42. The van der Waals surface area contributed by atoms with Crippen molar-refractivity contribution in [1.29, 1.82) is 0 Å². The molecule has 1 unspecified atom stereocenters. The molecular formula is C23H25FN6O3. The molecule has 2 aromatic heterocycles. The lowest BCUT2D eigenvalue weighted by atomic mass is 10.0. The third kappa shape index (κ3) is 4.07. The number of carbonyl (C=O) groups is 1. The fourth-order valence-electron chi connectivity index (χ4n) is 4.20. The Kier molecular flexibility index (Phi) is 5.55. The first-order valence-electron chi connectivity index (χ1n) is 11.0. The summed E-state index contributed by atoms with van der Waals surface area (Å²) in [4.78, 5) is 36.7. The number of aryl methyl sites for hydroxylation is 1. The maximum atomic E-state index is 15.0. The van der Waals surface area contributed by atoms with Crippen molar-refractivity contribution in [3.8, 4) is 11.3 Å². The fourth-order valence-corrected chi connectivity index (χ4v) is 4.20. The molecule has 3 aromatic rings. The molecule has 10 heteroatoms. The number of rotatable bonds is 4. The Morgan fingerprint density at radius 3 is 2.70 bits per heavy atom. The Bertz CT molecular complexity index is 1250. The van der Waals surface area contributed by atoms with Crippen molar-refractivity contribution in [3.05, 3.63) is 47.0 Å². The third-order valence-corrected chi connectivity index (χ3v) is 6.18. The van der Waals surface area contributed by atoms with Gasteiger partial charge < -0.3 is 24.8 Å². The number of halogens is 1. The largest absolute Gasteiger partial charge is 0.378 e. The van der Waals surface area contributed by atoms with Gasteiger partial charge in [0.05, 0.1) is 30.8 Å². The minimum absolute atomic E-state index is 0.0161. The second kappa shape index (κ2) is 8.53. The second-order valence-electron chi connectivity index (χ2n) is 8.40. The Morgan fingerprint density at radius 2 is 2.00 bits per heavy atom. The lowest BCUT2D eigenvalue weighted by molar-refractivity contribution is -0.126. The SMILES string of the molecule is Cn1cnc2cc(-c3ccc(N4CCOCC4)cc3)nc(NC(=O)C3(F)CCNC3)c2c1=O. The van der Waals surface area contributed by atoms with Gasteiger partial charge in [-0.3, -0.25) is 9.59 Å². The fraction of sp³-hybridized carbons (Fsp3) is 0.391. The second-order valence-corrected chi connectivity index (χ2v) is 8.40. The van der Waals surface area contributed by atoms with E-state index in [4.69, 9.17) is 4.74 Å². The van der Waals surface area contributed by atoms with Crippen molar-refractivity contribution in [1.82, 2.24) is 19.9 Å². The van der Waals surface area contributed by atoms with Crippen molar-refractivity contribution >= 4 is 28.3 Å². The molecule has 9 nitrogen and oxygen atoms in total. The van der Waals surface area contributed by atoms with Gasteiger partial charge in [0.1, 0.15) is 11.2 Å². The Morgan fingerprint density at radius 1 is 1.24 bits per heavy atom. The van der Waals surface area contributed by atoms with Gasteiger partial charge >= 0.3 is 0 Å². The minimum atomic E-state index is -2.04. The number of nitrogens with zero attached hydrogens (tertiary/aromatic N) is 4. The van der Waals surface area contributed by atoms with Gasteiger partial charge in [-0.2, -0.15) is 0 Å². The number of hydrogen-bond acceptors (Lipinski definition) is 7. The molecule has 0 spiro atoms. The van der Waals surface area contributed by atoms with Crippen molar-refractivity contribution < 1.29 is 13.9 Å². The molecule has 2 aliphatic heterocycles. The number of hydrogen-bond donors (Lipinski definition) is 2. The molecule has 2 saturated heterocycles. The number of anilines is 2. The van der Waals surface area contributed by atoms with Crippen LogP contribution in [0.25, 0.3) is 22.2 Å². The zero-order chi connectivity index (χ0) is 23.0. The van der Waals surface area contributed by atoms with Crippen LogP contribution in [0, 0.1) is 0 Å². The number of pyridine rings is 1. The van der Waals surface area contributed by atoms with Gasteiger partial charge in [-0.15, -0.1) is 0 Å². The van der Waals surface area contributed by atoms with Crippen molar-refractivity contribution in [2.75, 3.05) is 49.6 Å². The van der Waals surface area contributed by atoms with Crippen molar-refractivity contribution in [2.24, 2.45) is 7.05 Å². The van der Waals surface area contributed by atoms with Gasteiger partial charge in [-0.05, 0) is 24.7 Å². The monoisotopic (exact) mass is 452 g/mol. The zero-order valence-corrected chi connectivity index (χ0v) is 18.3. The summed E-state index contributed by atoms with van der Waals surface area (Å²) in [5.41, 5.74) is 0.380. The predicted molar refractivity (Wildman–Crippen MR) is 123 cm³/mol. The van der Waals surface area contributed by atoms with E-state index in [0.29, 0.717) is 31.0 Å². The maximum absolute atomic E-state index is 15.0. The van der Waals surface area contributed by atoms with Gasteiger partial charge in [0.2, 0.25) is 5.67 Å². The van der Waals surface area contributed by atoms with Gasteiger partial charge in [-0.1, -0.05) is 12.1 Å². The number of aromatic nitrogens is 3. The van der Waals surface area contributed by atoms with Crippen LogP contribution in [0.5, 0.6) is 0 Å². The molecule has 2 aliphatic rings. The van der Waals surface area contributed by atoms with Crippen molar-refractivity contribution in [3.63, 3.8) is 0 Å². The molecule has 0 aliphatic carbocycles. The van der Waals surface area contributed by atoms with Crippen LogP contribution in [-0.2, 0) is 16.6 Å². The predicted octanol–water partition coefficient (Wildman–Crippen LogP) is 1.47. The van der Waals surface area contributed by atoms with Gasteiger partial charge in [0.15, 0.2) is 0 Å². The number of amides is 1. The summed E-state index contributed by atoms with van der Waals surface area (Å²) in [6.45, 7) is 3.40. The maximum Gasteiger partial charge on any atom is 0.264 e. The van der Waals surface area contributed by atoms with Crippen molar-refractivity contribution in [2.45, 2.75) is 12.1 Å². The highest BCUT2D eigenvalue weighted by molar-refractivity contribution is 6.03. The van der Waals surface area contributed by atoms with E-state index in [1.54, 1.807) is 13.1 Å². The summed E-state index contributed by atoms with van der Waals surface area (Å²) in [6, 6.07) is 9.58. The molecule has 0 saturated carbocycles. The molecule has 1 amide bonds. The Balaban J connectivity index is 1.54. The smallest absolute Gasteiger partial charge is 0.264 e. The minimum Gasteiger partial charge on any atom is -0.378 e. The summed E-state index contributed by atoms with van der Waals surface area (Å²) in [5, 5.41) is 5.58.